The van der Waals surface area contributed by atoms with Crippen LogP contribution in [0.15, 0.2) is 59.5 Å². The molecule has 0 aliphatic rings. The van der Waals surface area contributed by atoms with Gasteiger partial charge in [-0.3, -0.25) is 0 Å². The average molecular weight is 475 g/mol. The molecule has 0 unspecified atom stereocenters. The number of aromatic nitrogens is 2. The van der Waals surface area contributed by atoms with E-state index in [1.54, 1.807) is 49.6 Å². The molecule has 0 saturated carbocycles. The van der Waals surface area contributed by atoms with Crippen molar-refractivity contribution < 1.29 is 22.3 Å². The molecule has 2 aromatic carbocycles. The summed E-state index contributed by atoms with van der Waals surface area (Å²) in [7, 11) is -2.52. The Balaban J connectivity index is 2.19. The number of rotatable bonds is 7. The second-order valence-corrected chi connectivity index (χ2v) is 10.2. The third-order valence-corrected chi connectivity index (χ3v) is 6.46. The number of nitrogens with two attached hydrogens (primary N) is 1. The lowest BCUT2D eigenvalue weighted by atomic mass is 10.0. The molecule has 0 aliphatic carbocycles. The van der Waals surface area contributed by atoms with Gasteiger partial charge in [0.25, 0.3) is 0 Å². The van der Waals surface area contributed by atoms with Gasteiger partial charge in [0.05, 0.1) is 41.5 Å². The van der Waals surface area contributed by atoms with Crippen molar-refractivity contribution in [1.82, 2.24) is 14.3 Å². The molecule has 0 fully saturated rings. The van der Waals surface area contributed by atoms with Crippen LogP contribution in [-0.2, 0) is 21.3 Å². The molecule has 0 bridgehead atoms. The molecular weight excluding hydrogens is 447 g/mol. The summed E-state index contributed by atoms with van der Waals surface area (Å²) in [6, 6.07) is 9.49. The fourth-order valence-corrected chi connectivity index (χ4v) is 4.86. The second-order valence-electron chi connectivity index (χ2n) is 8.53. The van der Waals surface area contributed by atoms with Gasteiger partial charge in [-0.1, -0.05) is 12.1 Å². The molecule has 0 aliphatic heterocycles. The standard InChI is InChI=1S/C23H27FN4O4S/c1-23(2,3)27-33(30,31)18-7-5-6-15(10-18)19-11-16(22(29)32-4)12-20-21(19)26-14-28(20)13-17(24)8-9-25/h5-8,10-12,14,27H,9,13,25H2,1-4H3/b17-8-. The van der Waals surface area contributed by atoms with Crippen molar-refractivity contribution >= 4 is 27.0 Å². The molecule has 1 aromatic heterocycles. The zero-order valence-corrected chi connectivity index (χ0v) is 19.7. The third-order valence-electron chi connectivity index (χ3n) is 4.70. The lowest BCUT2D eigenvalue weighted by molar-refractivity contribution is 0.0601. The Bertz CT molecular complexity index is 1320. The van der Waals surface area contributed by atoms with Gasteiger partial charge in [0, 0.05) is 17.6 Å². The van der Waals surface area contributed by atoms with E-state index in [4.69, 9.17) is 10.5 Å². The van der Waals surface area contributed by atoms with E-state index in [0.29, 0.717) is 22.2 Å². The van der Waals surface area contributed by atoms with Gasteiger partial charge in [-0.25, -0.2) is 27.3 Å². The molecule has 0 spiro atoms. The number of carbonyl (C=O) groups excluding carboxylic acids is 1. The summed E-state index contributed by atoms with van der Waals surface area (Å²) in [5, 5.41) is 0. The van der Waals surface area contributed by atoms with Gasteiger partial charge in [-0.2, -0.15) is 0 Å². The van der Waals surface area contributed by atoms with E-state index < -0.39 is 27.4 Å². The number of allylic oxidation sites excluding steroid dienone is 1. The number of benzene rings is 2. The van der Waals surface area contributed by atoms with Crippen LogP contribution in [0, 0.1) is 0 Å². The molecule has 3 N–H and O–H groups in total. The number of hydrogen-bond acceptors (Lipinski definition) is 6. The molecule has 3 rings (SSSR count). The SMILES string of the molecule is COC(=O)c1cc(-c2cccc(S(=O)(=O)NC(C)(C)C)c2)c2ncn(C/C(F)=C/CN)c2c1. The van der Waals surface area contributed by atoms with Crippen molar-refractivity contribution in [2.75, 3.05) is 13.7 Å². The Labute approximate surface area is 192 Å². The van der Waals surface area contributed by atoms with Gasteiger partial charge in [0.15, 0.2) is 0 Å². The fourth-order valence-electron chi connectivity index (χ4n) is 3.39. The first-order valence-corrected chi connectivity index (χ1v) is 11.7. The normalized spacial score (nSPS) is 12.8. The number of halogens is 1. The Morgan fingerprint density at radius 1 is 1.27 bits per heavy atom. The summed E-state index contributed by atoms with van der Waals surface area (Å²) in [4.78, 5) is 16.8. The number of imidazole rings is 1. The Morgan fingerprint density at radius 2 is 2.00 bits per heavy atom. The van der Waals surface area contributed by atoms with Crippen molar-refractivity contribution in [3.8, 4) is 11.1 Å². The maximum Gasteiger partial charge on any atom is 0.337 e. The van der Waals surface area contributed by atoms with Crippen LogP contribution in [0.1, 0.15) is 31.1 Å². The number of nitrogens with one attached hydrogen (secondary N) is 1. The molecule has 0 saturated heterocycles. The van der Waals surface area contributed by atoms with Crippen LogP contribution in [0.5, 0.6) is 0 Å². The maximum absolute atomic E-state index is 14.1. The largest absolute Gasteiger partial charge is 0.465 e. The zero-order valence-electron chi connectivity index (χ0n) is 18.9. The first-order valence-electron chi connectivity index (χ1n) is 10.2. The summed E-state index contributed by atoms with van der Waals surface area (Å²) in [5.41, 5.74) is 6.98. The van der Waals surface area contributed by atoms with Gasteiger partial charge in [0.2, 0.25) is 10.0 Å². The van der Waals surface area contributed by atoms with E-state index in [0.717, 1.165) is 0 Å². The number of fused-ring (bicyclic) bond motifs is 1. The average Bonchev–Trinajstić information content (AvgIpc) is 3.13. The van der Waals surface area contributed by atoms with E-state index in [9.17, 15) is 17.6 Å². The second kappa shape index (κ2) is 9.42. The van der Waals surface area contributed by atoms with Gasteiger partial charge >= 0.3 is 5.97 Å². The Morgan fingerprint density at radius 3 is 2.64 bits per heavy atom. The molecule has 0 amide bonds. The van der Waals surface area contributed by atoms with Crippen molar-refractivity contribution in [3.05, 3.63) is 60.2 Å². The summed E-state index contributed by atoms with van der Waals surface area (Å²) in [6.07, 6.45) is 2.72. The van der Waals surface area contributed by atoms with E-state index >= 15 is 0 Å². The van der Waals surface area contributed by atoms with Crippen molar-refractivity contribution in [2.45, 2.75) is 37.8 Å². The van der Waals surface area contributed by atoms with E-state index in [2.05, 4.69) is 9.71 Å². The monoisotopic (exact) mass is 474 g/mol. The van der Waals surface area contributed by atoms with Crippen LogP contribution in [0.2, 0.25) is 0 Å². The topological polar surface area (TPSA) is 116 Å². The number of hydrogen-bond donors (Lipinski definition) is 2. The Kier molecular flexibility index (Phi) is 7.01. The molecular formula is C23H27FN4O4S. The lowest BCUT2D eigenvalue weighted by Gasteiger charge is -2.20. The molecule has 1 heterocycles. The van der Waals surface area contributed by atoms with Crippen LogP contribution in [0.4, 0.5) is 4.39 Å². The van der Waals surface area contributed by atoms with Gasteiger partial charge in [0.1, 0.15) is 5.83 Å². The molecule has 8 nitrogen and oxygen atoms in total. The van der Waals surface area contributed by atoms with E-state index in [-0.39, 0.29) is 23.5 Å². The lowest BCUT2D eigenvalue weighted by Crippen LogP contribution is -2.40. The number of sulfonamides is 1. The summed E-state index contributed by atoms with van der Waals surface area (Å²) < 4.78 is 48.9. The summed E-state index contributed by atoms with van der Waals surface area (Å²) in [6.45, 7) is 5.21. The molecule has 176 valence electrons. The highest BCUT2D eigenvalue weighted by atomic mass is 32.2. The Hall–Kier alpha value is -3.08. The van der Waals surface area contributed by atoms with Gasteiger partial charge < -0.3 is 15.0 Å². The highest BCUT2D eigenvalue weighted by molar-refractivity contribution is 7.89. The van der Waals surface area contributed by atoms with Crippen molar-refractivity contribution in [1.29, 1.82) is 0 Å². The summed E-state index contributed by atoms with van der Waals surface area (Å²) in [5.74, 6) is -1.02. The third kappa shape index (κ3) is 5.65. The van der Waals surface area contributed by atoms with E-state index in [1.807, 2.05) is 0 Å². The van der Waals surface area contributed by atoms with Crippen LogP contribution < -0.4 is 10.5 Å². The highest BCUT2D eigenvalue weighted by Crippen LogP contribution is 2.31. The van der Waals surface area contributed by atoms with Crippen molar-refractivity contribution in [3.63, 3.8) is 0 Å². The first kappa shape index (κ1) is 24.6. The molecule has 33 heavy (non-hydrogen) atoms. The smallest absolute Gasteiger partial charge is 0.337 e. The minimum atomic E-state index is -3.79. The highest BCUT2D eigenvalue weighted by Gasteiger charge is 2.23. The molecule has 0 radical (unpaired) electrons. The predicted molar refractivity (Wildman–Crippen MR) is 125 cm³/mol. The van der Waals surface area contributed by atoms with Gasteiger partial charge in [-0.15, -0.1) is 0 Å². The zero-order chi connectivity index (χ0) is 24.4. The first-order chi connectivity index (χ1) is 15.4. The number of esters is 1. The fraction of sp³-hybridized carbons (Fsp3) is 0.304. The van der Waals surface area contributed by atoms with Crippen LogP contribution in [0.3, 0.4) is 0 Å². The van der Waals surface area contributed by atoms with Crippen LogP contribution in [-0.4, -0.2) is 43.1 Å². The quantitative estimate of drug-likeness (QED) is 0.507. The minimum Gasteiger partial charge on any atom is -0.465 e. The number of carbonyl (C=O) groups is 1. The summed E-state index contributed by atoms with van der Waals surface area (Å²) >= 11 is 0. The number of methoxy groups -OCH3 is 1. The molecule has 10 heteroatoms. The van der Waals surface area contributed by atoms with Crippen LogP contribution >= 0.6 is 0 Å². The van der Waals surface area contributed by atoms with Gasteiger partial charge in [-0.05, 0) is 56.7 Å². The van der Waals surface area contributed by atoms with Crippen LogP contribution in [0.25, 0.3) is 22.2 Å². The minimum absolute atomic E-state index is 0.0565. The molecule has 0 atom stereocenters. The molecule has 3 aromatic rings. The number of nitrogens with zero attached hydrogens (tertiary/aromatic N) is 2. The van der Waals surface area contributed by atoms with Crippen molar-refractivity contribution in [2.24, 2.45) is 5.73 Å². The van der Waals surface area contributed by atoms with E-state index in [1.165, 1.54) is 31.6 Å². The maximum atomic E-state index is 14.1. The predicted octanol–water partition coefficient (Wildman–Crippen LogP) is 3.38. The number of ether oxygens (including phenoxy) is 1.